The molecule has 2 atom stereocenters. The maximum absolute atomic E-state index is 11.6. The minimum atomic E-state index is -2.73. The summed E-state index contributed by atoms with van der Waals surface area (Å²) in [6.07, 6.45) is 4.68. The molecule has 3 aliphatic rings. The smallest absolute Gasteiger partial charge is 0.151 e. The van der Waals surface area contributed by atoms with E-state index >= 15 is 0 Å². The summed E-state index contributed by atoms with van der Waals surface area (Å²) >= 11 is 0. The summed E-state index contributed by atoms with van der Waals surface area (Å²) in [6, 6.07) is 1.00. The highest BCUT2D eigenvalue weighted by Crippen LogP contribution is 2.25. The van der Waals surface area contributed by atoms with Gasteiger partial charge in [-0.15, -0.1) is 0 Å². The Labute approximate surface area is 104 Å². The van der Waals surface area contributed by atoms with E-state index in [1.165, 1.54) is 32.4 Å². The van der Waals surface area contributed by atoms with Gasteiger partial charge in [0.25, 0.3) is 0 Å². The Hall–Kier alpha value is -0.130. The van der Waals surface area contributed by atoms with Crippen LogP contribution in [-0.4, -0.2) is 68.0 Å². The number of hydrogen-bond acceptors (Lipinski definition) is 4. The van der Waals surface area contributed by atoms with Crippen LogP contribution in [0.25, 0.3) is 0 Å². The molecule has 3 rings (SSSR count). The lowest BCUT2D eigenvalue weighted by Crippen LogP contribution is -2.42. The van der Waals surface area contributed by atoms with E-state index in [4.69, 9.17) is 0 Å². The maximum atomic E-state index is 11.6. The fraction of sp³-hybridized carbons (Fsp3) is 1.00. The predicted molar refractivity (Wildman–Crippen MR) is 67.8 cm³/mol. The predicted octanol–water partition coefficient (Wildman–Crippen LogP) is 0.344. The third kappa shape index (κ3) is 2.51. The van der Waals surface area contributed by atoms with Gasteiger partial charge in [0.05, 0.1) is 11.5 Å². The number of sulfone groups is 1. The first-order chi connectivity index (χ1) is 8.14. The van der Waals surface area contributed by atoms with Crippen LogP contribution in [0, 0.1) is 0 Å². The molecule has 3 heterocycles. The molecule has 2 unspecified atom stereocenters. The lowest BCUT2D eigenvalue weighted by atomic mass is 10.1. The fourth-order valence-corrected chi connectivity index (χ4v) is 5.39. The van der Waals surface area contributed by atoms with Gasteiger partial charge in [-0.2, -0.15) is 0 Å². The lowest BCUT2D eigenvalue weighted by Gasteiger charge is -2.29. The zero-order valence-electron chi connectivity index (χ0n) is 10.3. The summed E-state index contributed by atoms with van der Waals surface area (Å²) < 4.78 is 23.1. The van der Waals surface area contributed by atoms with Gasteiger partial charge in [-0.1, -0.05) is 0 Å². The van der Waals surface area contributed by atoms with Gasteiger partial charge in [0.2, 0.25) is 0 Å². The molecule has 0 bridgehead atoms. The zero-order valence-corrected chi connectivity index (χ0v) is 11.2. The Balaban J connectivity index is 1.67. The van der Waals surface area contributed by atoms with Crippen LogP contribution in [0.1, 0.15) is 25.7 Å². The standard InChI is InChI=1S/C12H22N2O2S/c15-17(16)8-4-12(10-17)14-7-2-6-13-5-1-3-11(13)9-14/h11-12H,1-10H2. The Bertz CT molecular complexity index is 382. The molecule has 3 saturated heterocycles. The van der Waals surface area contributed by atoms with Gasteiger partial charge in [0.1, 0.15) is 0 Å². The van der Waals surface area contributed by atoms with Crippen LogP contribution < -0.4 is 0 Å². The second kappa shape index (κ2) is 4.52. The molecule has 0 N–H and O–H groups in total. The second-order valence-corrected chi connectivity index (χ2v) is 7.97. The average Bonchev–Trinajstić information content (AvgIpc) is 2.80. The third-order valence-corrected chi connectivity index (χ3v) is 6.31. The molecule has 5 heteroatoms. The molecule has 0 saturated carbocycles. The SMILES string of the molecule is O=S1(=O)CCC(N2CCCN3CCCC3C2)C1. The van der Waals surface area contributed by atoms with Crippen LogP contribution >= 0.6 is 0 Å². The molecule has 0 aliphatic carbocycles. The summed E-state index contributed by atoms with van der Waals surface area (Å²) in [4.78, 5) is 5.06. The quantitative estimate of drug-likeness (QED) is 0.680. The number of fused-ring (bicyclic) bond motifs is 1. The van der Waals surface area contributed by atoms with Crippen molar-refractivity contribution in [1.82, 2.24) is 9.80 Å². The Morgan fingerprint density at radius 3 is 2.41 bits per heavy atom. The molecule has 0 aromatic carbocycles. The summed E-state index contributed by atoms with van der Waals surface area (Å²) in [5.74, 6) is 0.808. The molecule has 0 amide bonds. The van der Waals surface area contributed by atoms with Crippen molar-refractivity contribution in [2.75, 3.05) is 37.7 Å². The van der Waals surface area contributed by atoms with Crippen molar-refractivity contribution < 1.29 is 8.42 Å². The van der Waals surface area contributed by atoms with Crippen LogP contribution in [0.4, 0.5) is 0 Å². The van der Waals surface area contributed by atoms with Crippen LogP contribution in [0.3, 0.4) is 0 Å². The van der Waals surface area contributed by atoms with Gasteiger partial charge in [-0.3, -0.25) is 9.80 Å². The molecule has 98 valence electrons. The van der Waals surface area contributed by atoms with Crippen LogP contribution in [0.15, 0.2) is 0 Å². The highest BCUT2D eigenvalue weighted by molar-refractivity contribution is 7.91. The number of hydrogen-bond donors (Lipinski definition) is 0. The molecule has 17 heavy (non-hydrogen) atoms. The molecule has 4 nitrogen and oxygen atoms in total. The molecular formula is C12H22N2O2S. The van der Waals surface area contributed by atoms with Crippen molar-refractivity contribution in [3.63, 3.8) is 0 Å². The molecule has 0 aromatic rings. The van der Waals surface area contributed by atoms with E-state index < -0.39 is 9.84 Å². The van der Waals surface area contributed by atoms with Gasteiger partial charge < -0.3 is 0 Å². The zero-order chi connectivity index (χ0) is 11.9. The normalized spacial score (nSPS) is 39.1. The van der Waals surface area contributed by atoms with Crippen molar-refractivity contribution in [2.24, 2.45) is 0 Å². The number of nitrogens with zero attached hydrogens (tertiary/aromatic N) is 2. The van der Waals surface area contributed by atoms with E-state index in [2.05, 4.69) is 9.80 Å². The Morgan fingerprint density at radius 1 is 0.882 bits per heavy atom. The fourth-order valence-electron chi connectivity index (χ4n) is 3.63. The molecule has 3 aliphatic heterocycles. The molecular weight excluding hydrogens is 236 g/mol. The summed E-state index contributed by atoms with van der Waals surface area (Å²) in [5, 5.41) is 0. The van der Waals surface area contributed by atoms with E-state index in [1.54, 1.807) is 0 Å². The van der Waals surface area contributed by atoms with Crippen LogP contribution in [0.5, 0.6) is 0 Å². The maximum Gasteiger partial charge on any atom is 0.151 e. The molecule has 3 fully saturated rings. The van der Waals surface area contributed by atoms with Crippen molar-refractivity contribution in [3.8, 4) is 0 Å². The minimum absolute atomic E-state index is 0.306. The minimum Gasteiger partial charge on any atom is -0.299 e. The van der Waals surface area contributed by atoms with E-state index in [1.807, 2.05) is 0 Å². The molecule has 0 radical (unpaired) electrons. The first-order valence-electron chi connectivity index (χ1n) is 6.82. The monoisotopic (exact) mass is 258 g/mol. The van der Waals surface area contributed by atoms with E-state index in [9.17, 15) is 8.42 Å². The van der Waals surface area contributed by atoms with Gasteiger partial charge in [0.15, 0.2) is 9.84 Å². The Morgan fingerprint density at radius 2 is 1.65 bits per heavy atom. The lowest BCUT2D eigenvalue weighted by molar-refractivity contribution is 0.184. The van der Waals surface area contributed by atoms with Crippen molar-refractivity contribution in [3.05, 3.63) is 0 Å². The van der Waals surface area contributed by atoms with Crippen molar-refractivity contribution in [1.29, 1.82) is 0 Å². The summed E-state index contributed by atoms with van der Waals surface area (Å²) in [7, 11) is -2.73. The first-order valence-corrected chi connectivity index (χ1v) is 8.65. The topological polar surface area (TPSA) is 40.6 Å². The van der Waals surface area contributed by atoms with Gasteiger partial charge >= 0.3 is 0 Å². The second-order valence-electron chi connectivity index (χ2n) is 5.74. The number of rotatable bonds is 1. The molecule has 0 aromatic heterocycles. The van der Waals surface area contributed by atoms with E-state index in [0.717, 1.165) is 19.5 Å². The third-order valence-electron chi connectivity index (χ3n) is 4.56. The molecule has 0 spiro atoms. The van der Waals surface area contributed by atoms with Gasteiger partial charge in [-0.05, 0) is 45.3 Å². The largest absolute Gasteiger partial charge is 0.299 e. The van der Waals surface area contributed by atoms with E-state index in [-0.39, 0.29) is 0 Å². The average molecular weight is 258 g/mol. The van der Waals surface area contributed by atoms with Crippen LogP contribution in [-0.2, 0) is 9.84 Å². The summed E-state index contributed by atoms with van der Waals surface area (Å²) in [6.45, 7) is 4.65. The first kappa shape index (κ1) is 11.9. The van der Waals surface area contributed by atoms with Crippen molar-refractivity contribution >= 4 is 9.84 Å². The summed E-state index contributed by atoms with van der Waals surface area (Å²) in [5.41, 5.74) is 0. The Kier molecular flexibility index (Phi) is 3.17. The van der Waals surface area contributed by atoms with Gasteiger partial charge in [0, 0.05) is 18.6 Å². The van der Waals surface area contributed by atoms with E-state index in [0.29, 0.717) is 23.6 Å². The highest BCUT2D eigenvalue weighted by Gasteiger charge is 2.36. The highest BCUT2D eigenvalue weighted by atomic mass is 32.2. The van der Waals surface area contributed by atoms with Gasteiger partial charge in [-0.25, -0.2) is 8.42 Å². The van der Waals surface area contributed by atoms with Crippen LogP contribution in [0.2, 0.25) is 0 Å². The van der Waals surface area contributed by atoms with Crippen molar-refractivity contribution in [2.45, 2.75) is 37.8 Å².